The number of para-hydroxylation sites is 2. The zero-order valence-corrected chi connectivity index (χ0v) is 14.4. The van der Waals surface area contributed by atoms with Gasteiger partial charge < -0.3 is 35.2 Å². The summed E-state index contributed by atoms with van der Waals surface area (Å²) in [5.74, 6) is 0. The molecule has 4 aromatic carbocycles. The fourth-order valence-electron chi connectivity index (χ4n) is 2.44. The molecule has 0 aliphatic carbocycles. The Morgan fingerprint density at radius 1 is 0.542 bits per heavy atom. The summed E-state index contributed by atoms with van der Waals surface area (Å²) < 4.78 is 0. The van der Waals surface area contributed by atoms with E-state index in [9.17, 15) is 0 Å². The maximum atomic E-state index is 2.25. The zero-order valence-electron chi connectivity index (χ0n) is 13.3. The van der Waals surface area contributed by atoms with E-state index in [-0.39, 0.29) is 17.1 Å². The third-order valence-corrected chi connectivity index (χ3v) is 3.49. The van der Waals surface area contributed by atoms with E-state index in [0.29, 0.717) is 0 Å². The minimum Gasteiger partial charge on any atom is -0.748 e. The largest absolute Gasteiger partial charge is 0.748 e. The van der Waals surface area contributed by atoms with E-state index in [1.165, 1.54) is 17.1 Å². The molecule has 0 aliphatic rings. The maximum absolute atomic E-state index is 2.25. The van der Waals surface area contributed by atoms with Crippen LogP contribution in [0.1, 0.15) is 0 Å². The molecule has 0 saturated carbocycles. The third-order valence-electron chi connectivity index (χ3n) is 3.49. The molecule has 0 radical (unpaired) electrons. The maximum Gasteiger partial charge on any atom is 0 e. The number of anilines is 3. The van der Waals surface area contributed by atoms with Crippen LogP contribution in [0.2, 0.25) is 0 Å². The van der Waals surface area contributed by atoms with Crippen molar-refractivity contribution in [2.24, 2.45) is 0 Å². The Morgan fingerprint density at radius 2 is 0.917 bits per heavy atom. The molecule has 0 saturated heterocycles. The van der Waals surface area contributed by atoms with Gasteiger partial charge in [0.05, 0.1) is 0 Å². The number of hydrogen-bond acceptors (Lipinski definition) is 1. The summed E-state index contributed by atoms with van der Waals surface area (Å²) in [5, 5.41) is 0. The molecule has 126 valence electrons. The van der Waals surface area contributed by atoms with Crippen molar-refractivity contribution in [2.45, 2.75) is 0 Å². The van der Waals surface area contributed by atoms with E-state index in [4.69, 9.17) is 0 Å². The van der Waals surface area contributed by atoms with E-state index in [1.807, 2.05) is 42.5 Å². The first kappa shape index (κ1) is 17.8. The molecule has 4 aromatic rings. The van der Waals surface area contributed by atoms with E-state index in [2.05, 4.69) is 77.7 Å². The molecule has 0 atom stereocenters. The summed E-state index contributed by atoms with van der Waals surface area (Å²) in [6.07, 6.45) is 0. The van der Waals surface area contributed by atoms with Crippen molar-refractivity contribution >= 4 is 17.1 Å². The molecule has 0 spiro atoms. The van der Waals surface area contributed by atoms with E-state index >= 15 is 0 Å². The standard InChI is InChI=1S/C17H14N.C5H5.Fe/c1-3-9-15(10-4-1)18(17-13-7-8-14-17)16-11-5-2-6-12-16;1-2-4-5-3-1;/h1-14H;1-5H;/q-1;-5;. The van der Waals surface area contributed by atoms with Gasteiger partial charge in [0.25, 0.3) is 0 Å². The molecule has 0 amide bonds. The van der Waals surface area contributed by atoms with Crippen molar-refractivity contribution in [2.75, 3.05) is 4.90 Å². The van der Waals surface area contributed by atoms with Gasteiger partial charge >= 0.3 is 0 Å². The Bertz CT molecular complexity index is 703. The zero-order chi connectivity index (χ0) is 15.7. The fraction of sp³-hybridized carbons (Fsp3) is 0. The van der Waals surface area contributed by atoms with Crippen LogP contribution < -0.4 is 4.90 Å². The van der Waals surface area contributed by atoms with Gasteiger partial charge in [0.2, 0.25) is 0 Å². The molecule has 1 nitrogen and oxygen atoms in total. The van der Waals surface area contributed by atoms with Crippen LogP contribution in [0.3, 0.4) is 0 Å². The van der Waals surface area contributed by atoms with Gasteiger partial charge in [-0.3, -0.25) is 0 Å². The molecule has 0 fully saturated rings. The van der Waals surface area contributed by atoms with Crippen LogP contribution in [-0.4, -0.2) is 0 Å². The predicted molar refractivity (Wildman–Crippen MR) is 98.8 cm³/mol. The van der Waals surface area contributed by atoms with Gasteiger partial charge in [-0.1, -0.05) is 60.7 Å². The monoisotopic (exact) mass is 353 g/mol. The normalized spacial score (nSPS) is 9.33. The molecular weight excluding hydrogens is 334 g/mol. The summed E-state index contributed by atoms with van der Waals surface area (Å²) in [5.41, 5.74) is 3.54. The number of benzene rings is 2. The van der Waals surface area contributed by atoms with E-state index in [0.717, 1.165) is 0 Å². The number of nitrogens with zero attached hydrogens (tertiary/aromatic N) is 1. The molecule has 4 rings (SSSR count). The number of hydrogen-bond donors (Lipinski definition) is 0. The van der Waals surface area contributed by atoms with Crippen molar-refractivity contribution < 1.29 is 17.1 Å². The van der Waals surface area contributed by atoms with Crippen LogP contribution in [0, 0.1) is 0 Å². The summed E-state index contributed by atoms with van der Waals surface area (Å²) in [6, 6.07) is 39.2. The van der Waals surface area contributed by atoms with Gasteiger partial charge in [0, 0.05) is 17.1 Å². The minimum atomic E-state index is 0. The second kappa shape index (κ2) is 9.57. The first-order valence-electron chi connectivity index (χ1n) is 7.74. The van der Waals surface area contributed by atoms with Crippen molar-refractivity contribution in [3.8, 4) is 0 Å². The third kappa shape index (κ3) is 4.73. The first-order chi connectivity index (χ1) is 11.4. The number of rotatable bonds is 3. The molecule has 0 heterocycles. The summed E-state index contributed by atoms with van der Waals surface area (Å²) in [4.78, 5) is 2.25. The smallest absolute Gasteiger partial charge is 0 e. The second-order valence-electron chi connectivity index (χ2n) is 5.11. The van der Waals surface area contributed by atoms with Crippen LogP contribution in [0.15, 0.2) is 115 Å². The average Bonchev–Trinajstić information content (AvgIpc) is 3.34. The second-order valence-corrected chi connectivity index (χ2v) is 5.11. The molecule has 0 aliphatic heterocycles. The Labute approximate surface area is 154 Å². The summed E-state index contributed by atoms with van der Waals surface area (Å²) >= 11 is 0. The molecule has 24 heavy (non-hydrogen) atoms. The Hall–Kier alpha value is -2.54. The van der Waals surface area contributed by atoms with Gasteiger partial charge in [-0.15, -0.1) is 12.1 Å². The Balaban J connectivity index is 0.000000300. The SMILES string of the molecule is [Fe].[cH-]1[cH-][cH-][cH-][cH-]1.c1ccc(N(c2ccccc2)[c-]2cccc2)cc1. The predicted octanol–water partition coefficient (Wildman–Crippen LogP) is 6.28. The van der Waals surface area contributed by atoms with Crippen LogP contribution >= 0.6 is 0 Å². The summed E-state index contributed by atoms with van der Waals surface area (Å²) in [7, 11) is 0. The van der Waals surface area contributed by atoms with Crippen molar-refractivity contribution in [3.63, 3.8) is 0 Å². The molecule has 0 N–H and O–H groups in total. The van der Waals surface area contributed by atoms with Crippen LogP contribution in [0.25, 0.3) is 0 Å². The van der Waals surface area contributed by atoms with Crippen LogP contribution in [0.4, 0.5) is 17.1 Å². The van der Waals surface area contributed by atoms with Crippen molar-refractivity contribution in [1.82, 2.24) is 0 Å². The molecule has 2 heteroatoms. The Kier molecular flexibility index (Phi) is 7.10. The van der Waals surface area contributed by atoms with Gasteiger partial charge in [-0.05, 0) is 17.1 Å². The summed E-state index contributed by atoms with van der Waals surface area (Å²) in [6.45, 7) is 0. The molecule has 0 aromatic heterocycles. The topological polar surface area (TPSA) is 3.24 Å². The van der Waals surface area contributed by atoms with Crippen molar-refractivity contribution in [1.29, 1.82) is 0 Å². The molecular formula is C22H19FeN-6. The van der Waals surface area contributed by atoms with Gasteiger partial charge in [0.15, 0.2) is 0 Å². The van der Waals surface area contributed by atoms with Gasteiger partial charge in [-0.2, -0.15) is 12.1 Å². The quantitative estimate of drug-likeness (QED) is 0.310. The van der Waals surface area contributed by atoms with E-state index in [1.54, 1.807) is 0 Å². The molecule has 0 unspecified atom stereocenters. The van der Waals surface area contributed by atoms with E-state index < -0.39 is 0 Å². The Morgan fingerprint density at radius 3 is 1.29 bits per heavy atom. The first-order valence-corrected chi connectivity index (χ1v) is 7.74. The average molecular weight is 353 g/mol. The minimum absolute atomic E-state index is 0. The van der Waals surface area contributed by atoms with Crippen LogP contribution in [0.5, 0.6) is 0 Å². The van der Waals surface area contributed by atoms with Crippen molar-refractivity contribution in [3.05, 3.63) is 115 Å². The van der Waals surface area contributed by atoms with Crippen LogP contribution in [-0.2, 0) is 17.1 Å². The van der Waals surface area contributed by atoms with Gasteiger partial charge in [-0.25, -0.2) is 0 Å². The van der Waals surface area contributed by atoms with Gasteiger partial charge in [0.1, 0.15) is 0 Å². The fourth-order valence-corrected chi connectivity index (χ4v) is 2.44. The molecule has 0 bridgehead atoms.